The van der Waals surface area contributed by atoms with E-state index in [1.54, 1.807) is 17.4 Å². The van der Waals surface area contributed by atoms with E-state index < -0.39 is 0 Å². The minimum absolute atomic E-state index is 0.0194. The molecule has 1 saturated heterocycles. The second-order valence-electron chi connectivity index (χ2n) is 7.11. The van der Waals surface area contributed by atoms with Crippen LogP contribution in [0.1, 0.15) is 18.7 Å². The van der Waals surface area contributed by atoms with E-state index in [0.29, 0.717) is 42.2 Å². The van der Waals surface area contributed by atoms with Gasteiger partial charge in [-0.05, 0) is 49.5 Å². The third-order valence-electron chi connectivity index (χ3n) is 5.02. The van der Waals surface area contributed by atoms with E-state index >= 15 is 0 Å². The molecule has 1 N–H and O–H groups in total. The summed E-state index contributed by atoms with van der Waals surface area (Å²) in [5, 5.41) is 9.57. The van der Waals surface area contributed by atoms with Crippen LogP contribution in [-0.4, -0.2) is 47.2 Å². The zero-order valence-electron chi connectivity index (χ0n) is 16.4. The topological polar surface area (TPSA) is 80.5 Å². The van der Waals surface area contributed by atoms with Crippen LogP contribution in [0, 0.1) is 5.92 Å². The molecule has 1 aliphatic rings. The summed E-state index contributed by atoms with van der Waals surface area (Å²) in [4.78, 5) is 20.1. The van der Waals surface area contributed by atoms with E-state index in [1.807, 2.05) is 35.7 Å². The Labute approximate surface area is 184 Å². The normalized spacial score (nSPS) is 15.2. The fourth-order valence-electron chi connectivity index (χ4n) is 3.41. The summed E-state index contributed by atoms with van der Waals surface area (Å²) in [6.45, 7) is 3.10. The molecule has 7 nitrogen and oxygen atoms in total. The molecule has 0 saturated carbocycles. The van der Waals surface area contributed by atoms with Crippen molar-refractivity contribution in [1.82, 2.24) is 20.4 Å². The Morgan fingerprint density at radius 2 is 2.10 bits per heavy atom. The van der Waals surface area contributed by atoms with Crippen LogP contribution in [0.25, 0.3) is 10.7 Å². The summed E-state index contributed by atoms with van der Waals surface area (Å²) in [6, 6.07) is 11.3. The highest BCUT2D eigenvalue weighted by molar-refractivity contribution is 7.13. The average Bonchev–Trinajstić information content (AvgIpc) is 3.45. The van der Waals surface area contributed by atoms with E-state index in [-0.39, 0.29) is 11.8 Å². The number of amides is 1. The predicted molar refractivity (Wildman–Crippen MR) is 116 cm³/mol. The van der Waals surface area contributed by atoms with E-state index in [1.165, 1.54) is 0 Å². The van der Waals surface area contributed by atoms with E-state index in [4.69, 9.17) is 20.9 Å². The summed E-state index contributed by atoms with van der Waals surface area (Å²) in [6.07, 6.45) is 1.62. The maximum Gasteiger partial charge on any atom is 0.241 e. The fourth-order valence-corrected chi connectivity index (χ4v) is 4.25. The number of aromatic nitrogens is 2. The molecule has 9 heteroatoms. The molecule has 4 rings (SSSR count). The van der Waals surface area contributed by atoms with Gasteiger partial charge in [-0.2, -0.15) is 4.98 Å². The van der Waals surface area contributed by atoms with Gasteiger partial charge in [-0.3, -0.25) is 9.69 Å². The van der Waals surface area contributed by atoms with Crippen molar-refractivity contribution < 1.29 is 14.1 Å². The predicted octanol–water partition coefficient (Wildman–Crippen LogP) is 3.86. The van der Waals surface area contributed by atoms with Crippen molar-refractivity contribution in [3.63, 3.8) is 0 Å². The van der Waals surface area contributed by atoms with Crippen LogP contribution in [0.5, 0.6) is 5.75 Å². The lowest BCUT2D eigenvalue weighted by atomic mass is 9.96. The van der Waals surface area contributed by atoms with Gasteiger partial charge in [0.05, 0.1) is 23.0 Å². The molecule has 0 atom stereocenters. The van der Waals surface area contributed by atoms with Crippen molar-refractivity contribution in [1.29, 1.82) is 0 Å². The first-order valence-corrected chi connectivity index (χ1v) is 11.2. The lowest BCUT2D eigenvalue weighted by Crippen LogP contribution is -2.41. The molecule has 0 spiro atoms. The Bertz CT molecular complexity index is 955. The van der Waals surface area contributed by atoms with Gasteiger partial charge in [0, 0.05) is 5.92 Å². The molecule has 2 aromatic heterocycles. The number of likely N-dealkylation sites (tertiary alicyclic amines) is 1. The molecule has 158 valence electrons. The van der Waals surface area contributed by atoms with Gasteiger partial charge >= 0.3 is 0 Å². The molecule has 1 aliphatic heterocycles. The SMILES string of the molecule is O=C(NCCOc1ccccc1Cl)C1CCN(Cc2nc(-c3cccs3)no2)CC1. The third-order valence-corrected chi connectivity index (χ3v) is 6.20. The number of hydrogen-bond donors (Lipinski definition) is 1. The van der Waals surface area contributed by atoms with Gasteiger partial charge in [-0.1, -0.05) is 35.0 Å². The number of benzene rings is 1. The number of hydrogen-bond acceptors (Lipinski definition) is 7. The second-order valence-corrected chi connectivity index (χ2v) is 8.46. The van der Waals surface area contributed by atoms with Crippen LogP contribution in [0.2, 0.25) is 5.02 Å². The van der Waals surface area contributed by atoms with Crippen molar-refractivity contribution >= 4 is 28.8 Å². The number of piperidine rings is 1. The summed E-state index contributed by atoms with van der Waals surface area (Å²) < 4.78 is 11.0. The number of nitrogens with one attached hydrogen (secondary N) is 1. The van der Waals surface area contributed by atoms with Gasteiger partial charge in [-0.15, -0.1) is 11.3 Å². The molecule has 0 radical (unpaired) electrons. The zero-order chi connectivity index (χ0) is 20.8. The van der Waals surface area contributed by atoms with Gasteiger partial charge in [0.2, 0.25) is 17.6 Å². The molecule has 1 fully saturated rings. The zero-order valence-corrected chi connectivity index (χ0v) is 18.0. The van der Waals surface area contributed by atoms with Crippen LogP contribution >= 0.6 is 22.9 Å². The maximum atomic E-state index is 12.4. The fraction of sp³-hybridized carbons (Fsp3) is 0.381. The number of ether oxygens (including phenoxy) is 1. The second kappa shape index (κ2) is 10.1. The van der Waals surface area contributed by atoms with E-state index in [0.717, 1.165) is 30.8 Å². The van der Waals surface area contributed by atoms with Gasteiger partial charge in [0.25, 0.3) is 0 Å². The summed E-state index contributed by atoms with van der Waals surface area (Å²) in [5.41, 5.74) is 0. The highest BCUT2D eigenvalue weighted by Gasteiger charge is 2.25. The van der Waals surface area contributed by atoms with Crippen LogP contribution in [0.15, 0.2) is 46.3 Å². The van der Waals surface area contributed by atoms with Crippen molar-refractivity contribution in [2.24, 2.45) is 5.92 Å². The minimum Gasteiger partial charge on any atom is -0.490 e. The highest BCUT2D eigenvalue weighted by Crippen LogP contribution is 2.24. The van der Waals surface area contributed by atoms with Crippen LogP contribution in [0.3, 0.4) is 0 Å². The lowest BCUT2D eigenvalue weighted by molar-refractivity contribution is -0.126. The number of halogens is 1. The average molecular weight is 447 g/mol. The van der Waals surface area contributed by atoms with Gasteiger partial charge in [-0.25, -0.2) is 0 Å². The van der Waals surface area contributed by atoms with Gasteiger partial charge < -0.3 is 14.6 Å². The molecule has 0 bridgehead atoms. The highest BCUT2D eigenvalue weighted by atomic mass is 35.5. The Hall–Kier alpha value is -2.42. The minimum atomic E-state index is 0.0194. The van der Waals surface area contributed by atoms with Crippen molar-refractivity contribution in [3.05, 3.63) is 52.7 Å². The van der Waals surface area contributed by atoms with Crippen LogP contribution in [0.4, 0.5) is 0 Å². The largest absolute Gasteiger partial charge is 0.490 e. The Morgan fingerprint density at radius 1 is 1.27 bits per heavy atom. The van der Waals surface area contributed by atoms with E-state index in [9.17, 15) is 4.79 Å². The molecule has 3 heterocycles. The summed E-state index contributed by atoms with van der Waals surface area (Å²) in [7, 11) is 0. The number of thiophene rings is 1. The first-order chi connectivity index (χ1) is 14.7. The number of nitrogens with zero attached hydrogens (tertiary/aromatic N) is 3. The van der Waals surface area contributed by atoms with Crippen molar-refractivity contribution in [2.45, 2.75) is 19.4 Å². The molecular weight excluding hydrogens is 424 g/mol. The molecule has 0 unspecified atom stereocenters. The number of para-hydroxylation sites is 1. The molecule has 1 aromatic carbocycles. The molecule has 0 aliphatic carbocycles. The quantitative estimate of drug-likeness (QED) is 0.529. The molecule has 30 heavy (non-hydrogen) atoms. The number of rotatable bonds is 8. The number of carbonyl (C=O) groups is 1. The molecule has 1 amide bonds. The van der Waals surface area contributed by atoms with Gasteiger partial charge in [0.15, 0.2) is 0 Å². The Kier molecular flexibility index (Phi) is 6.99. The lowest BCUT2D eigenvalue weighted by Gasteiger charge is -2.30. The standard InChI is InChI=1S/C21H23ClN4O3S/c22-16-4-1-2-5-17(16)28-12-9-23-21(27)15-7-10-26(11-8-15)14-19-24-20(25-29-19)18-6-3-13-30-18/h1-6,13,15H,7-12,14H2,(H,23,27). The number of carbonyl (C=O) groups excluding carboxylic acids is 1. The molecule has 3 aromatic rings. The Morgan fingerprint density at radius 3 is 2.87 bits per heavy atom. The summed E-state index contributed by atoms with van der Waals surface area (Å²) in [5.74, 6) is 1.97. The van der Waals surface area contributed by atoms with Gasteiger partial charge in [0.1, 0.15) is 12.4 Å². The van der Waals surface area contributed by atoms with E-state index in [2.05, 4.69) is 20.4 Å². The Balaban J connectivity index is 1.16. The van der Waals surface area contributed by atoms with Crippen LogP contribution < -0.4 is 10.1 Å². The first-order valence-electron chi connectivity index (χ1n) is 9.93. The smallest absolute Gasteiger partial charge is 0.241 e. The van der Waals surface area contributed by atoms with Crippen LogP contribution in [-0.2, 0) is 11.3 Å². The maximum absolute atomic E-state index is 12.4. The van der Waals surface area contributed by atoms with Crippen molar-refractivity contribution in [3.8, 4) is 16.5 Å². The summed E-state index contributed by atoms with van der Waals surface area (Å²) >= 11 is 7.64. The first kappa shape index (κ1) is 20.8. The monoisotopic (exact) mass is 446 g/mol. The molecular formula is C21H23ClN4O3S. The third kappa shape index (κ3) is 5.38. The van der Waals surface area contributed by atoms with Crippen molar-refractivity contribution in [2.75, 3.05) is 26.2 Å².